The quantitative estimate of drug-likeness (QED) is 0.177. The van der Waals surface area contributed by atoms with Gasteiger partial charge in [0, 0.05) is 61.8 Å². The molecule has 11 aromatic rings. The number of anilines is 1. The van der Waals surface area contributed by atoms with Gasteiger partial charge in [0.15, 0.2) is 17.2 Å². The second kappa shape index (κ2) is 12.6. The number of imidazole rings is 1. The summed E-state index contributed by atoms with van der Waals surface area (Å²) < 4.78 is 3.22. The van der Waals surface area contributed by atoms with E-state index >= 15 is 0 Å². The van der Waals surface area contributed by atoms with Crippen LogP contribution < -0.4 is 4.90 Å². The molecule has 2 atom stereocenters. The van der Waals surface area contributed by atoms with E-state index in [4.69, 9.17) is 34.9 Å². The fourth-order valence-electron chi connectivity index (χ4n) is 8.29. The van der Waals surface area contributed by atoms with Gasteiger partial charge in [-0.05, 0) is 71.4 Å². The zero-order chi connectivity index (χ0) is 37.5. The molecule has 8 aromatic heterocycles. The zero-order valence-corrected chi connectivity index (χ0v) is 32.3. The molecule has 57 heavy (non-hydrogen) atoms. The molecular formula is C45H27N9S3. The van der Waals surface area contributed by atoms with E-state index in [0.29, 0.717) is 23.3 Å². The number of benzene rings is 3. The highest BCUT2D eigenvalue weighted by Crippen LogP contribution is 2.64. The van der Waals surface area contributed by atoms with Gasteiger partial charge in [-0.2, -0.15) is 0 Å². The molecule has 12 rings (SSSR count). The first kappa shape index (κ1) is 32.5. The smallest absolute Gasteiger partial charge is 0.161 e. The number of nitrogens with one attached hydrogen (secondary N) is 1. The number of hydrogen-bond acceptors (Lipinski definition) is 11. The third-order valence-electron chi connectivity index (χ3n) is 10.7. The monoisotopic (exact) mass is 789 g/mol. The minimum Gasteiger partial charge on any atom is -0.343 e. The Morgan fingerprint density at radius 3 is 2.28 bits per heavy atom. The summed E-state index contributed by atoms with van der Waals surface area (Å²) in [5.74, 6) is 2.05. The Bertz CT molecular complexity index is 3300. The number of thiophene rings is 3. The number of rotatable bonds is 6. The van der Waals surface area contributed by atoms with Crippen LogP contribution in [0.4, 0.5) is 5.82 Å². The van der Waals surface area contributed by atoms with E-state index in [9.17, 15) is 0 Å². The Kier molecular flexibility index (Phi) is 7.21. The van der Waals surface area contributed by atoms with Crippen molar-refractivity contribution < 1.29 is 0 Å². The van der Waals surface area contributed by atoms with Crippen molar-refractivity contribution in [3.8, 4) is 0 Å². The van der Waals surface area contributed by atoms with E-state index in [0.717, 1.165) is 73.3 Å². The average Bonchev–Trinajstić information content (AvgIpc) is 4.11. The van der Waals surface area contributed by atoms with Crippen LogP contribution >= 0.6 is 34.0 Å². The van der Waals surface area contributed by atoms with Gasteiger partial charge in [0.2, 0.25) is 0 Å². The Labute approximate surface area is 336 Å². The molecule has 0 bridgehead atoms. The molecule has 9 nitrogen and oxygen atoms in total. The van der Waals surface area contributed by atoms with Gasteiger partial charge in [-0.1, -0.05) is 54.6 Å². The molecule has 1 aliphatic heterocycles. The fourth-order valence-corrected chi connectivity index (χ4v) is 11.3. The standard InChI is InChI=1S/C45H27N9S3/c1-4-11-29-26(8-1)15-16-38(51-29)54-41(43-47-19-20-48-43)39(35-23-32-34(56-35)14-7-18-46-32)40(42-49-24-28-10-2-5-12-30(28)52-42)45(54,37-22-27-9-3-6-13-33(27)57-37)44-50-25-36-31(53-44)17-21-55-36/h1-25,40H,(H,47,48). The Morgan fingerprint density at radius 2 is 1.42 bits per heavy atom. The van der Waals surface area contributed by atoms with Gasteiger partial charge >= 0.3 is 0 Å². The molecule has 0 radical (unpaired) electrons. The summed E-state index contributed by atoms with van der Waals surface area (Å²) in [6.07, 6.45) is 9.40. The number of fused-ring (bicyclic) bond motifs is 5. The summed E-state index contributed by atoms with van der Waals surface area (Å²) in [6.45, 7) is 0. The molecule has 1 N–H and O–H groups in total. The predicted octanol–water partition coefficient (Wildman–Crippen LogP) is 10.8. The summed E-state index contributed by atoms with van der Waals surface area (Å²) in [5.41, 5.74) is 4.13. The first-order chi connectivity index (χ1) is 28.2. The van der Waals surface area contributed by atoms with Crippen molar-refractivity contribution in [2.75, 3.05) is 4.90 Å². The highest BCUT2D eigenvalue weighted by atomic mass is 32.1. The molecule has 0 aliphatic carbocycles. The van der Waals surface area contributed by atoms with E-state index < -0.39 is 11.5 Å². The van der Waals surface area contributed by atoms with Crippen LogP contribution in [0.5, 0.6) is 0 Å². The van der Waals surface area contributed by atoms with Crippen molar-refractivity contribution in [3.63, 3.8) is 0 Å². The number of aromatic amines is 1. The van der Waals surface area contributed by atoms with Crippen LogP contribution in [0.25, 0.3) is 63.6 Å². The number of hydrogen-bond donors (Lipinski definition) is 1. The minimum atomic E-state index is -1.18. The fraction of sp³-hybridized carbons (Fsp3) is 0.0444. The number of para-hydroxylation sites is 2. The van der Waals surface area contributed by atoms with Crippen molar-refractivity contribution in [1.29, 1.82) is 0 Å². The highest BCUT2D eigenvalue weighted by Gasteiger charge is 2.62. The molecule has 2 unspecified atom stereocenters. The van der Waals surface area contributed by atoms with E-state index in [1.807, 2.05) is 61.2 Å². The van der Waals surface area contributed by atoms with Crippen molar-refractivity contribution >= 4 is 103 Å². The van der Waals surface area contributed by atoms with Crippen LogP contribution in [0.15, 0.2) is 152 Å². The summed E-state index contributed by atoms with van der Waals surface area (Å²) in [7, 11) is 0. The Morgan fingerprint density at radius 1 is 0.596 bits per heavy atom. The molecule has 0 saturated carbocycles. The normalized spacial score (nSPS) is 17.3. The SMILES string of the molecule is c1ccc2nc(N3C(c4ncc[nH]4)=C(c4cc5ncccc5s4)C(c4ncc5ccccc5n4)C3(c3ncc4sccc4n3)c3cc4ccccc4s3)ccc2c1. The molecule has 1 aliphatic rings. The van der Waals surface area contributed by atoms with Gasteiger partial charge in [-0.25, -0.2) is 29.9 Å². The maximum Gasteiger partial charge on any atom is 0.161 e. The number of aromatic nitrogens is 8. The molecule has 3 aromatic carbocycles. The third-order valence-corrected chi connectivity index (χ3v) is 13.9. The van der Waals surface area contributed by atoms with E-state index in [1.165, 1.54) is 0 Å². The maximum absolute atomic E-state index is 5.51. The number of pyridine rings is 2. The highest BCUT2D eigenvalue weighted by molar-refractivity contribution is 7.20. The van der Waals surface area contributed by atoms with Crippen molar-refractivity contribution in [2.45, 2.75) is 11.5 Å². The van der Waals surface area contributed by atoms with Crippen LogP contribution in [0.2, 0.25) is 0 Å². The molecule has 0 spiro atoms. The Hall–Kier alpha value is -6.73. The third kappa shape index (κ3) is 4.94. The largest absolute Gasteiger partial charge is 0.343 e. The van der Waals surface area contributed by atoms with E-state index in [1.54, 1.807) is 40.2 Å². The lowest BCUT2D eigenvalue weighted by molar-refractivity contribution is 0.467. The van der Waals surface area contributed by atoms with Gasteiger partial charge in [0.25, 0.3) is 0 Å². The van der Waals surface area contributed by atoms with Crippen molar-refractivity contribution in [1.82, 2.24) is 39.9 Å². The molecule has 270 valence electrons. The number of nitrogens with zero attached hydrogens (tertiary/aromatic N) is 8. The van der Waals surface area contributed by atoms with Gasteiger partial charge in [-0.3, -0.25) is 4.98 Å². The topological polar surface area (TPSA) is 109 Å². The van der Waals surface area contributed by atoms with Crippen LogP contribution in [-0.2, 0) is 5.54 Å². The lowest BCUT2D eigenvalue weighted by atomic mass is 9.77. The molecular weight excluding hydrogens is 763 g/mol. The summed E-state index contributed by atoms with van der Waals surface area (Å²) >= 11 is 5.06. The minimum absolute atomic E-state index is 0.576. The molecule has 12 heteroatoms. The van der Waals surface area contributed by atoms with E-state index in [2.05, 4.69) is 94.1 Å². The number of H-pyrrole nitrogens is 1. The summed E-state index contributed by atoms with van der Waals surface area (Å²) in [5, 5.41) is 5.19. The lowest BCUT2D eigenvalue weighted by Crippen LogP contribution is -2.48. The average molecular weight is 790 g/mol. The lowest BCUT2D eigenvalue weighted by Gasteiger charge is -2.42. The van der Waals surface area contributed by atoms with Crippen LogP contribution in [0.3, 0.4) is 0 Å². The van der Waals surface area contributed by atoms with Crippen molar-refractivity contribution in [3.05, 3.63) is 179 Å². The van der Waals surface area contributed by atoms with Gasteiger partial charge in [-0.15, -0.1) is 34.0 Å². The van der Waals surface area contributed by atoms with E-state index in [-0.39, 0.29) is 0 Å². The van der Waals surface area contributed by atoms with Gasteiger partial charge in [0.1, 0.15) is 11.6 Å². The first-order valence-corrected chi connectivity index (χ1v) is 20.9. The molecule has 0 saturated heterocycles. The van der Waals surface area contributed by atoms with Crippen molar-refractivity contribution in [2.24, 2.45) is 0 Å². The van der Waals surface area contributed by atoms with Crippen LogP contribution in [-0.4, -0.2) is 39.9 Å². The zero-order valence-electron chi connectivity index (χ0n) is 29.8. The van der Waals surface area contributed by atoms with Gasteiger partial charge < -0.3 is 9.88 Å². The maximum atomic E-state index is 5.51. The second-order valence-electron chi connectivity index (χ2n) is 13.9. The first-order valence-electron chi connectivity index (χ1n) is 18.4. The summed E-state index contributed by atoms with van der Waals surface area (Å²) in [6, 6.07) is 39.8. The predicted molar refractivity (Wildman–Crippen MR) is 232 cm³/mol. The summed E-state index contributed by atoms with van der Waals surface area (Å²) in [4.78, 5) is 44.8. The van der Waals surface area contributed by atoms with Gasteiger partial charge in [0.05, 0.1) is 43.1 Å². The Balaban J connectivity index is 1.30. The van der Waals surface area contributed by atoms with Crippen LogP contribution in [0, 0.1) is 0 Å². The molecule has 0 fully saturated rings. The molecule has 0 amide bonds. The van der Waals surface area contributed by atoms with Crippen LogP contribution in [0.1, 0.15) is 33.1 Å². The second-order valence-corrected chi connectivity index (χ2v) is 17.0. The molecule has 9 heterocycles.